The van der Waals surface area contributed by atoms with Gasteiger partial charge in [0.15, 0.2) is 0 Å². The number of aromatic hydroxyl groups is 1. The number of benzene rings is 3. The third-order valence-electron chi connectivity index (χ3n) is 5.36. The SMILES string of the molecule is CCC(=C(c1ccc(O)cc1)c1ccc(OCCNC)cc1)c1ccc2[nH]ncc2c1. The first-order chi connectivity index (χ1) is 15.2. The first-order valence-electron chi connectivity index (χ1n) is 10.5. The fourth-order valence-electron chi connectivity index (χ4n) is 3.79. The quantitative estimate of drug-likeness (QED) is 0.273. The predicted molar refractivity (Wildman–Crippen MR) is 126 cm³/mol. The lowest BCUT2D eigenvalue weighted by Crippen LogP contribution is -2.15. The number of fused-ring (bicyclic) bond motifs is 1. The molecule has 3 N–H and O–H groups in total. The Labute approximate surface area is 182 Å². The first kappa shape index (κ1) is 20.7. The summed E-state index contributed by atoms with van der Waals surface area (Å²) < 4.78 is 5.79. The highest BCUT2D eigenvalue weighted by molar-refractivity contribution is 6.00. The Morgan fingerprint density at radius 2 is 1.65 bits per heavy atom. The molecular weight excluding hydrogens is 386 g/mol. The third kappa shape index (κ3) is 4.62. The van der Waals surface area contributed by atoms with Crippen molar-refractivity contribution in [2.75, 3.05) is 20.2 Å². The fraction of sp³-hybridized carbons (Fsp3) is 0.192. The predicted octanol–water partition coefficient (Wildman–Crippen LogP) is 5.24. The average molecular weight is 414 g/mol. The molecule has 4 aromatic rings. The molecule has 5 nitrogen and oxygen atoms in total. The number of nitrogens with one attached hydrogen (secondary N) is 2. The Morgan fingerprint density at radius 1 is 0.968 bits per heavy atom. The van der Waals surface area contributed by atoms with E-state index in [1.165, 1.54) is 5.57 Å². The maximum absolute atomic E-state index is 9.81. The number of H-pyrrole nitrogens is 1. The summed E-state index contributed by atoms with van der Waals surface area (Å²) in [5.41, 5.74) is 6.73. The van der Waals surface area contributed by atoms with E-state index in [-0.39, 0.29) is 5.75 Å². The molecule has 4 rings (SSSR count). The van der Waals surface area contributed by atoms with Gasteiger partial charge in [-0.3, -0.25) is 5.10 Å². The first-order valence-corrected chi connectivity index (χ1v) is 10.5. The van der Waals surface area contributed by atoms with Gasteiger partial charge in [0.2, 0.25) is 0 Å². The number of nitrogens with zero attached hydrogens (tertiary/aromatic N) is 1. The van der Waals surface area contributed by atoms with Gasteiger partial charge in [0.25, 0.3) is 0 Å². The number of ether oxygens (including phenoxy) is 1. The van der Waals surface area contributed by atoms with Gasteiger partial charge in [-0.25, -0.2) is 0 Å². The van der Waals surface area contributed by atoms with E-state index < -0.39 is 0 Å². The Kier molecular flexibility index (Phi) is 6.34. The maximum Gasteiger partial charge on any atom is 0.119 e. The van der Waals surface area contributed by atoms with E-state index in [0.29, 0.717) is 6.61 Å². The van der Waals surface area contributed by atoms with Gasteiger partial charge in [0, 0.05) is 11.9 Å². The molecule has 0 saturated heterocycles. The van der Waals surface area contributed by atoms with E-state index in [4.69, 9.17) is 4.74 Å². The van der Waals surface area contributed by atoms with Gasteiger partial charge in [-0.15, -0.1) is 0 Å². The number of rotatable bonds is 8. The van der Waals surface area contributed by atoms with Crippen molar-refractivity contribution in [1.29, 1.82) is 0 Å². The van der Waals surface area contributed by atoms with E-state index >= 15 is 0 Å². The zero-order valence-electron chi connectivity index (χ0n) is 17.9. The zero-order valence-corrected chi connectivity index (χ0v) is 17.9. The molecule has 1 aromatic heterocycles. The molecule has 0 radical (unpaired) electrons. The van der Waals surface area contributed by atoms with Crippen LogP contribution in [-0.4, -0.2) is 35.5 Å². The largest absolute Gasteiger partial charge is 0.508 e. The lowest BCUT2D eigenvalue weighted by atomic mass is 9.88. The van der Waals surface area contributed by atoms with Gasteiger partial charge in [-0.2, -0.15) is 5.10 Å². The molecule has 0 fully saturated rings. The van der Waals surface area contributed by atoms with Gasteiger partial charge in [0.1, 0.15) is 18.1 Å². The minimum absolute atomic E-state index is 0.259. The number of phenolic OH excluding ortho intramolecular Hbond substituents is 1. The third-order valence-corrected chi connectivity index (χ3v) is 5.36. The number of aromatic nitrogens is 2. The van der Waals surface area contributed by atoms with E-state index in [0.717, 1.165) is 51.9 Å². The highest BCUT2D eigenvalue weighted by atomic mass is 16.5. The number of hydrogen-bond acceptors (Lipinski definition) is 4. The molecule has 0 amide bonds. The van der Waals surface area contributed by atoms with E-state index in [1.54, 1.807) is 12.1 Å². The summed E-state index contributed by atoms with van der Waals surface area (Å²) in [5, 5.41) is 21.1. The Bertz CT molecular complexity index is 1180. The van der Waals surface area contributed by atoms with Crippen molar-refractivity contribution in [3.05, 3.63) is 89.6 Å². The average Bonchev–Trinajstić information content (AvgIpc) is 3.27. The molecule has 158 valence electrons. The highest BCUT2D eigenvalue weighted by Gasteiger charge is 2.14. The van der Waals surface area contributed by atoms with E-state index in [1.807, 2.05) is 37.5 Å². The summed E-state index contributed by atoms with van der Waals surface area (Å²) in [6.45, 7) is 3.60. The lowest BCUT2D eigenvalue weighted by Gasteiger charge is -2.17. The molecule has 3 aromatic carbocycles. The van der Waals surface area contributed by atoms with Crippen molar-refractivity contribution < 1.29 is 9.84 Å². The summed E-state index contributed by atoms with van der Waals surface area (Å²) in [5.74, 6) is 1.11. The van der Waals surface area contributed by atoms with Gasteiger partial charge < -0.3 is 15.2 Å². The fourth-order valence-corrected chi connectivity index (χ4v) is 3.79. The van der Waals surface area contributed by atoms with Gasteiger partial charge >= 0.3 is 0 Å². The number of phenols is 1. The van der Waals surface area contributed by atoms with Gasteiger partial charge in [-0.1, -0.05) is 37.3 Å². The minimum atomic E-state index is 0.259. The minimum Gasteiger partial charge on any atom is -0.508 e. The molecular formula is C26H27N3O2. The summed E-state index contributed by atoms with van der Waals surface area (Å²) in [7, 11) is 1.91. The number of aromatic amines is 1. The standard InChI is InChI=1S/C26H27N3O2/c1-3-24(20-8-13-25-21(16-20)17-28-29-25)26(18-4-9-22(30)10-5-18)19-6-11-23(12-7-19)31-15-14-27-2/h4-13,16-17,27,30H,3,14-15H2,1-2H3,(H,28,29). The summed E-state index contributed by atoms with van der Waals surface area (Å²) in [6.07, 6.45) is 2.71. The normalized spacial score (nSPS) is 12.1. The molecule has 0 unspecified atom stereocenters. The second-order valence-corrected chi connectivity index (χ2v) is 7.40. The molecule has 0 spiro atoms. The van der Waals surface area contributed by atoms with Crippen LogP contribution in [-0.2, 0) is 0 Å². The van der Waals surface area contributed by atoms with Crippen molar-refractivity contribution in [3.63, 3.8) is 0 Å². The van der Waals surface area contributed by atoms with E-state index in [2.05, 4.69) is 52.8 Å². The van der Waals surface area contributed by atoms with Crippen LogP contribution >= 0.6 is 0 Å². The summed E-state index contributed by atoms with van der Waals surface area (Å²) in [4.78, 5) is 0. The summed E-state index contributed by atoms with van der Waals surface area (Å²) in [6, 6.07) is 22.0. The van der Waals surface area contributed by atoms with Crippen LogP contribution in [0.4, 0.5) is 0 Å². The Hall–Kier alpha value is -3.57. The number of allylic oxidation sites excluding steroid dienone is 1. The Morgan fingerprint density at radius 3 is 2.32 bits per heavy atom. The Balaban J connectivity index is 1.82. The van der Waals surface area contributed by atoms with Crippen LogP contribution in [0.15, 0.2) is 72.9 Å². The van der Waals surface area contributed by atoms with Crippen LogP contribution in [0.2, 0.25) is 0 Å². The summed E-state index contributed by atoms with van der Waals surface area (Å²) >= 11 is 0. The van der Waals surface area contributed by atoms with Gasteiger partial charge in [0.05, 0.1) is 11.7 Å². The van der Waals surface area contributed by atoms with Crippen LogP contribution in [0.1, 0.15) is 30.0 Å². The van der Waals surface area contributed by atoms with E-state index in [9.17, 15) is 5.11 Å². The topological polar surface area (TPSA) is 70.2 Å². The second-order valence-electron chi connectivity index (χ2n) is 7.40. The second kappa shape index (κ2) is 9.49. The van der Waals surface area contributed by atoms with Crippen molar-refractivity contribution in [2.45, 2.75) is 13.3 Å². The van der Waals surface area contributed by atoms with Crippen LogP contribution < -0.4 is 10.1 Å². The maximum atomic E-state index is 9.81. The number of likely N-dealkylation sites (N-methyl/N-ethyl adjacent to an activating group) is 1. The van der Waals surface area contributed by atoms with Crippen molar-refractivity contribution in [3.8, 4) is 11.5 Å². The molecule has 0 aliphatic heterocycles. The van der Waals surface area contributed by atoms with Crippen molar-refractivity contribution >= 4 is 22.0 Å². The van der Waals surface area contributed by atoms with Crippen LogP contribution in [0, 0.1) is 0 Å². The zero-order chi connectivity index (χ0) is 21.6. The van der Waals surface area contributed by atoms with Crippen LogP contribution in [0.25, 0.3) is 22.0 Å². The van der Waals surface area contributed by atoms with Crippen molar-refractivity contribution in [1.82, 2.24) is 15.5 Å². The number of hydrogen-bond donors (Lipinski definition) is 3. The van der Waals surface area contributed by atoms with Crippen LogP contribution in [0.3, 0.4) is 0 Å². The molecule has 0 bridgehead atoms. The molecule has 31 heavy (non-hydrogen) atoms. The van der Waals surface area contributed by atoms with Gasteiger partial charge in [-0.05, 0) is 77.7 Å². The molecule has 1 heterocycles. The molecule has 0 atom stereocenters. The lowest BCUT2D eigenvalue weighted by molar-refractivity contribution is 0.318. The highest BCUT2D eigenvalue weighted by Crippen LogP contribution is 2.36. The van der Waals surface area contributed by atoms with Crippen molar-refractivity contribution in [2.24, 2.45) is 0 Å². The van der Waals surface area contributed by atoms with Crippen LogP contribution in [0.5, 0.6) is 11.5 Å². The monoisotopic (exact) mass is 413 g/mol. The molecule has 5 heteroatoms. The molecule has 0 aliphatic carbocycles. The molecule has 0 saturated carbocycles. The molecule has 0 aliphatic rings. The smallest absolute Gasteiger partial charge is 0.119 e.